The van der Waals surface area contributed by atoms with E-state index in [2.05, 4.69) is 34.0 Å². The maximum atomic E-state index is 4.67. The fourth-order valence-corrected chi connectivity index (χ4v) is 2.93. The number of nitrogens with one attached hydrogen (secondary N) is 1. The SMILES string of the molecule is CCN(c1nc(C)nc(NC)c1C)C1CCCC1. The highest BCUT2D eigenvalue weighted by molar-refractivity contribution is 5.58. The molecule has 1 aliphatic carbocycles. The van der Waals surface area contributed by atoms with Crippen LogP contribution in [-0.2, 0) is 0 Å². The molecule has 1 aromatic rings. The van der Waals surface area contributed by atoms with E-state index in [1.165, 1.54) is 25.7 Å². The van der Waals surface area contributed by atoms with Gasteiger partial charge in [-0.05, 0) is 33.6 Å². The monoisotopic (exact) mass is 248 g/mol. The fraction of sp³-hybridized carbons (Fsp3) is 0.714. The summed E-state index contributed by atoms with van der Waals surface area (Å²) in [5.41, 5.74) is 1.16. The topological polar surface area (TPSA) is 41.1 Å². The first-order valence-electron chi connectivity index (χ1n) is 6.97. The van der Waals surface area contributed by atoms with Crippen LogP contribution in [0.25, 0.3) is 0 Å². The number of aromatic nitrogens is 2. The third-order valence-electron chi connectivity index (χ3n) is 3.85. The zero-order chi connectivity index (χ0) is 13.1. The minimum absolute atomic E-state index is 0.660. The number of hydrogen-bond donors (Lipinski definition) is 1. The molecular formula is C14H24N4. The van der Waals surface area contributed by atoms with Crippen LogP contribution in [0.2, 0.25) is 0 Å². The van der Waals surface area contributed by atoms with Crippen molar-refractivity contribution >= 4 is 11.6 Å². The van der Waals surface area contributed by atoms with E-state index in [0.717, 1.165) is 29.6 Å². The molecule has 1 fully saturated rings. The van der Waals surface area contributed by atoms with Gasteiger partial charge in [-0.15, -0.1) is 0 Å². The van der Waals surface area contributed by atoms with E-state index in [-0.39, 0.29) is 0 Å². The van der Waals surface area contributed by atoms with Gasteiger partial charge in [0.05, 0.1) is 0 Å². The first kappa shape index (κ1) is 13.1. The summed E-state index contributed by atoms with van der Waals surface area (Å²) < 4.78 is 0. The summed E-state index contributed by atoms with van der Waals surface area (Å²) in [5.74, 6) is 2.91. The van der Waals surface area contributed by atoms with Crippen molar-refractivity contribution in [1.82, 2.24) is 9.97 Å². The molecule has 0 bridgehead atoms. The first-order valence-corrected chi connectivity index (χ1v) is 6.97. The summed E-state index contributed by atoms with van der Waals surface area (Å²) >= 11 is 0. The van der Waals surface area contributed by atoms with Crippen molar-refractivity contribution < 1.29 is 0 Å². The molecule has 0 spiro atoms. The molecule has 0 aromatic carbocycles. The van der Waals surface area contributed by atoms with Crippen LogP contribution in [0.3, 0.4) is 0 Å². The van der Waals surface area contributed by atoms with Crippen LogP contribution in [0, 0.1) is 13.8 Å². The standard InChI is InChI=1S/C14H24N4/c1-5-18(12-8-6-7-9-12)14-10(2)13(15-4)16-11(3)17-14/h12H,5-9H2,1-4H3,(H,15,16,17). The van der Waals surface area contributed by atoms with E-state index in [0.29, 0.717) is 6.04 Å². The Labute approximate surface area is 110 Å². The van der Waals surface area contributed by atoms with Crippen LogP contribution in [0.5, 0.6) is 0 Å². The lowest BCUT2D eigenvalue weighted by Crippen LogP contribution is -2.34. The lowest BCUT2D eigenvalue weighted by molar-refractivity contribution is 0.610. The van der Waals surface area contributed by atoms with E-state index >= 15 is 0 Å². The highest BCUT2D eigenvalue weighted by Gasteiger charge is 2.24. The van der Waals surface area contributed by atoms with Crippen molar-refractivity contribution in [2.24, 2.45) is 0 Å². The molecule has 0 saturated heterocycles. The van der Waals surface area contributed by atoms with Crippen LogP contribution in [-0.4, -0.2) is 29.6 Å². The van der Waals surface area contributed by atoms with E-state index in [4.69, 9.17) is 0 Å². The van der Waals surface area contributed by atoms with Gasteiger partial charge in [-0.3, -0.25) is 0 Å². The first-order chi connectivity index (χ1) is 8.67. The molecule has 2 rings (SSSR count). The van der Waals surface area contributed by atoms with Crippen LogP contribution in [0.15, 0.2) is 0 Å². The van der Waals surface area contributed by atoms with Gasteiger partial charge in [0.2, 0.25) is 0 Å². The second kappa shape index (κ2) is 5.55. The molecule has 4 nitrogen and oxygen atoms in total. The molecule has 100 valence electrons. The molecule has 18 heavy (non-hydrogen) atoms. The third kappa shape index (κ3) is 2.42. The van der Waals surface area contributed by atoms with Gasteiger partial charge in [-0.1, -0.05) is 12.8 Å². The van der Waals surface area contributed by atoms with Crippen molar-refractivity contribution in [3.8, 4) is 0 Å². The van der Waals surface area contributed by atoms with Crippen LogP contribution >= 0.6 is 0 Å². The molecule has 1 heterocycles. The second-order valence-electron chi connectivity index (χ2n) is 5.04. The largest absolute Gasteiger partial charge is 0.373 e. The molecule has 0 aliphatic heterocycles. The molecule has 1 aromatic heterocycles. The third-order valence-corrected chi connectivity index (χ3v) is 3.85. The number of rotatable bonds is 4. The van der Waals surface area contributed by atoms with Crippen molar-refractivity contribution in [3.63, 3.8) is 0 Å². The number of hydrogen-bond acceptors (Lipinski definition) is 4. The molecule has 1 saturated carbocycles. The van der Waals surface area contributed by atoms with Gasteiger partial charge in [0.15, 0.2) is 0 Å². The Morgan fingerprint density at radius 1 is 1.22 bits per heavy atom. The normalized spacial score (nSPS) is 16.0. The van der Waals surface area contributed by atoms with Gasteiger partial charge in [0.25, 0.3) is 0 Å². The van der Waals surface area contributed by atoms with Gasteiger partial charge in [-0.2, -0.15) is 0 Å². The Hall–Kier alpha value is -1.32. The molecular weight excluding hydrogens is 224 g/mol. The van der Waals surface area contributed by atoms with Crippen molar-refractivity contribution in [2.75, 3.05) is 23.8 Å². The van der Waals surface area contributed by atoms with Crippen LogP contribution < -0.4 is 10.2 Å². The van der Waals surface area contributed by atoms with E-state index in [1.54, 1.807) is 0 Å². The molecule has 1 aliphatic rings. The molecule has 0 atom stereocenters. The second-order valence-corrected chi connectivity index (χ2v) is 5.04. The van der Waals surface area contributed by atoms with Crippen molar-refractivity contribution in [3.05, 3.63) is 11.4 Å². The number of aryl methyl sites for hydroxylation is 1. The van der Waals surface area contributed by atoms with Gasteiger partial charge < -0.3 is 10.2 Å². The summed E-state index contributed by atoms with van der Waals surface area (Å²) in [6.45, 7) is 7.31. The zero-order valence-electron chi connectivity index (χ0n) is 12.0. The van der Waals surface area contributed by atoms with E-state index in [1.807, 2.05) is 14.0 Å². The number of nitrogens with zero attached hydrogens (tertiary/aromatic N) is 3. The fourth-order valence-electron chi connectivity index (χ4n) is 2.93. The minimum Gasteiger partial charge on any atom is -0.373 e. The summed E-state index contributed by atoms with van der Waals surface area (Å²) in [4.78, 5) is 11.6. The lowest BCUT2D eigenvalue weighted by Gasteiger charge is -2.30. The van der Waals surface area contributed by atoms with Gasteiger partial charge in [0, 0.05) is 25.2 Å². The van der Waals surface area contributed by atoms with Crippen molar-refractivity contribution in [2.45, 2.75) is 52.5 Å². The molecule has 4 heteroatoms. The Balaban J connectivity index is 2.37. The lowest BCUT2D eigenvalue weighted by atomic mass is 10.2. The van der Waals surface area contributed by atoms with Gasteiger partial charge in [-0.25, -0.2) is 9.97 Å². The smallest absolute Gasteiger partial charge is 0.137 e. The summed E-state index contributed by atoms with van der Waals surface area (Å²) in [6.07, 6.45) is 5.29. The summed E-state index contributed by atoms with van der Waals surface area (Å²) in [5, 5.41) is 3.17. The maximum absolute atomic E-state index is 4.67. The summed E-state index contributed by atoms with van der Waals surface area (Å²) in [7, 11) is 1.92. The summed E-state index contributed by atoms with van der Waals surface area (Å²) in [6, 6.07) is 0.660. The van der Waals surface area contributed by atoms with E-state index < -0.39 is 0 Å². The van der Waals surface area contributed by atoms with E-state index in [9.17, 15) is 0 Å². The molecule has 1 N–H and O–H groups in total. The predicted molar refractivity (Wildman–Crippen MR) is 76.3 cm³/mol. The van der Waals surface area contributed by atoms with Gasteiger partial charge in [0.1, 0.15) is 17.5 Å². The maximum Gasteiger partial charge on any atom is 0.137 e. The molecule has 0 amide bonds. The van der Waals surface area contributed by atoms with Crippen LogP contribution in [0.4, 0.5) is 11.6 Å². The molecule has 0 radical (unpaired) electrons. The zero-order valence-corrected chi connectivity index (χ0v) is 12.0. The Morgan fingerprint density at radius 2 is 1.89 bits per heavy atom. The minimum atomic E-state index is 0.660. The Morgan fingerprint density at radius 3 is 2.44 bits per heavy atom. The Bertz CT molecular complexity index is 411. The highest BCUT2D eigenvalue weighted by atomic mass is 15.2. The average molecular weight is 248 g/mol. The van der Waals surface area contributed by atoms with Crippen molar-refractivity contribution in [1.29, 1.82) is 0 Å². The Kier molecular flexibility index (Phi) is 4.04. The predicted octanol–water partition coefficient (Wildman–Crippen LogP) is 2.90. The van der Waals surface area contributed by atoms with Gasteiger partial charge >= 0.3 is 0 Å². The average Bonchev–Trinajstić information content (AvgIpc) is 2.87. The quantitative estimate of drug-likeness (QED) is 0.889. The number of anilines is 2. The van der Waals surface area contributed by atoms with Crippen LogP contribution in [0.1, 0.15) is 44.0 Å². The molecule has 0 unspecified atom stereocenters. The highest BCUT2D eigenvalue weighted by Crippen LogP contribution is 2.30.